The maximum absolute atomic E-state index is 11.7. The largest absolute Gasteiger partial charge is 0.364 e. The molecule has 0 atom stereocenters. The molecule has 0 fully saturated rings. The zero-order valence-corrected chi connectivity index (χ0v) is 11.5. The monoisotopic (exact) mass is 262 g/mol. The molecule has 102 valence electrons. The molecular weight excluding hydrogens is 244 g/mol. The number of hydrogen-bond donors (Lipinski definition) is 3. The average molecular weight is 262 g/mol. The van der Waals surface area contributed by atoms with Crippen molar-refractivity contribution in [3.05, 3.63) is 11.4 Å². The van der Waals surface area contributed by atoms with Crippen molar-refractivity contribution in [2.75, 3.05) is 5.32 Å². The molecule has 1 aromatic rings. The number of H-pyrrole nitrogens is 1. The zero-order chi connectivity index (χ0) is 14.6. The maximum Gasteiger partial charge on any atom is 0.300 e. The maximum atomic E-state index is 11.7. The van der Waals surface area contributed by atoms with Gasteiger partial charge in [0.05, 0.1) is 11.4 Å². The van der Waals surface area contributed by atoms with Crippen LogP contribution in [-0.2, 0) is 4.79 Å². The van der Waals surface area contributed by atoms with Crippen LogP contribution in [0.3, 0.4) is 0 Å². The highest BCUT2D eigenvalue weighted by atomic mass is 16.2. The topological polar surface area (TPSA) is 101 Å². The van der Waals surface area contributed by atoms with E-state index in [0.29, 0.717) is 11.4 Å². The molecule has 0 radical (unpaired) electrons. The Balaban J connectivity index is 3.05. The van der Waals surface area contributed by atoms with Gasteiger partial charge in [0.2, 0.25) is 0 Å². The fourth-order valence-electron chi connectivity index (χ4n) is 1.43. The Kier molecular flexibility index (Phi) is 4.70. The molecule has 0 aliphatic heterocycles. The second-order valence-corrected chi connectivity index (χ2v) is 4.76. The standard InChI is InChI=1S/C13H18N4O2/c1-7(2)5-6-9(18)15-11-10(8(3)4)16-17-12(11)13(14)19/h7-8H,1-4H3,(H2,14,19)(H,15,18)(H,16,17). The molecule has 2 amide bonds. The molecule has 1 rings (SSSR count). The summed E-state index contributed by atoms with van der Waals surface area (Å²) in [4.78, 5) is 22.9. The molecule has 0 saturated carbocycles. The molecule has 19 heavy (non-hydrogen) atoms. The second kappa shape index (κ2) is 6.05. The lowest BCUT2D eigenvalue weighted by atomic mass is 10.1. The fraction of sp³-hybridized carbons (Fsp3) is 0.462. The third kappa shape index (κ3) is 3.85. The number of anilines is 1. The molecule has 0 aromatic carbocycles. The van der Waals surface area contributed by atoms with Crippen LogP contribution in [0.4, 0.5) is 5.69 Å². The Morgan fingerprint density at radius 1 is 1.32 bits per heavy atom. The second-order valence-electron chi connectivity index (χ2n) is 4.76. The highest BCUT2D eigenvalue weighted by Crippen LogP contribution is 2.24. The zero-order valence-electron chi connectivity index (χ0n) is 11.5. The van der Waals surface area contributed by atoms with Gasteiger partial charge < -0.3 is 11.1 Å². The van der Waals surface area contributed by atoms with Gasteiger partial charge in [-0.3, -0.25) is 14.7 Å². The van der Waals surface area contributed by atoms with E-state index in [-0.39, 0.29) is 17.5 Å². The van der Waals surface area contributed by atoms with Crippen LogP contribution < -0.4 is 11.1 Å². The van der Waals surface area contributed by atoms with E-state index in [2.05, 4.69) is 27.4 Å². The van der Waals surface area contributed by atoms with Gasteiger partial charge in [0, 0.05) is 5.92 Å². The van der Waals surface area contributed by atoms with E-state index in [1.807, 2.05) is 27.7 Å². The van der Waals surface area contributed by atoms with E-state index in [1.54, 1.807) is 0 Å². The summed E-state index contributed by atoms with van der Waals surface area (Å²) in [5.74, 6) is 4.18. The molecule has 6 heteroatoms. The van der Waals surface area contributed by atoms with Crippen molar-refractivity contribution in [2.45, 2.75) is 33.6 Å². The van der Waals surface area contributed by atoms with E-state index in [4.69, 9.17) is 5.73 Å². The smallest absolute Gasteiger partial charge is 0.300 e. The van der Waals surface area contributed by atoms with E-state index < -0.39 is 11.8 Å². The van der Waals surface area contributed by atoms with Gasteiger partial charge in [0.25, 0.3) is 11.8 Å². The lowest BCUT2D eigenvalue weighted by Crippen LogP contribution is -2.17. The molecule has 0 bridgehead atoms. The summed E-state index contributed by atoms with van der Waals surface area (Å²) in [5.41, 5.74) is 6.19. The molecule has 1 aromatic heterocycles. The number of aromatic amines is 1. The Morgan fingerprint density at radius 2 is 1.95 bits per heavy atom. The van der Waals surface area contributed by atoms with Crippen molar-refractivity contribution in [3.63, 3.8) is 0 Å². The summed E-state index contributed by atoms with van der Waals surface area (Å²) < 4.78 is 0. The van der Waals surface area contributed by atoms with Crippen molar-refractivity contribution in [1.29, 1.82) is 0 Å². The van der Waals surface area contributed by atoms with Crippen molar-refractivity contribution in [1.82, 2.24) is 10.2 Å². The molecule has 4 N–H and O–H groups in total. The molecule has 0 unspecified atom stereocenters. The Bertz CT molecular complexity index is 547. The highest BCUT2D eigenvalue weighted by molar-refractivity contribution is 6.08. The number of rotatable bonds is 3. The number of nitrogens with one attached hydrogen (secondary N) is 2. The number of hydrogen-bond acceptors (Lipinski definition) is 3. The molecular formula is C13H18N4O2. The summed E-state index contributed by atoms with van der Waals surface area (Å²) in [6.07, 6.45) is 0. The van der Waals surface area contributed by atoms with Crippen LogP contribution in [0.25, 0.3) is 0 Å². The van der Waals surface area contributed by atoms with Crippen molar-refractivity contribution in [2.24, 2.45) is 11.7 Å². The van der Waals surface area contributed by atoms with Gasteiger partial charge >= 0.3 is 0 Å². The van der Waals surface area contributed by atoms with Crippen molar-refractivity contribution >= 4 is 17.5 Å². The van der Waals surface area contributed by atoms with E-state index in [9.17, 15) is 9.59 Å². The van der Waals surface area contributed by atoms with Crippen LogP contribution in [0.2, 0.25) is 0 Å². The SMILES string of the molecule is CC(C)C#CC(=O)Nc1c(C(N)=O)n[nH]c1C(C)C. The summed E-state index contributed by atoms with van der Waals surface area (Å²) in [5, 5.41) is 9.10. The minimum absolute atomic E-state index is 0.0170. The number of carbonyl (C=O) groups excluding carboxylic acids is 2. The van der Waals surface area contributed by atoms with Crippen molar-refractivity contribution < 1.29 is 9.59 Å². The van der Waals surface area contributed by atoms with Gasteiger partial charge in [-0.1, -0.05) is 33.6 Å². The fourth-order valence-corrected chi connectivity index (χ4v) is 1.43. The molecule has 1 heterocycles. The first kappa shape index (κ1) is 14.8. The Hall–Kier alpha value is -2.29. The van der Waals surface area contributed by atoms with Gasteiger partial charge in [-0.2, -0.15) is 5.10 Å². The predicted octanol–water partition coefficient (Wildman–Crippen LogP) is 1.23. The molecule has 0 aliphatic carbocycles. The predicted molar refractivity (Wildman–Crippen MR) is 72.4 cm³/mol. The Morgan fingerprint density at radius 3 is 2.42 bits per heavy atom. The van der Waals surface area contributed by atoms with Crippen molar-refractivity contribution in [3.8, 4) is 11.8 Å². The number of carbonyl (C=O) groups is 2. The normalized spacial score (nSPS) is 10.2. The third-order valence-corrected chi connectivity index (χ3v) is 2.32. The first-order valence-corrected chi connectivity index (χ1v) is 6.03. The summed E-state index contributed by atoms with van der Waals surface area (Å²) in [7, 11) is 0. The van der Waals surface area contributed by atoms with Crippen LogP contribution in [-0.4, -0.2) is 22.0 Å². The molecule has 0 saturated heterocycles. The van der Waals surface area contributed by atoms with Crippen LogP contribution >= 0.6 is 0 Å². The highest BCUT2D eigenvalue weighted by Gasteiger charge is 2.20. The van der Waals surface area contributed by atoms with E-state index in [1.165, 1.54) is 0 Å². The first-order chi connectivity index (χ1) is 8.82. The minimum Gasteiger partial charge on any atom is -0.364 e. The van der Waals surface area contributed by atoms with Gasteiger partial charge in [0.1, 0.15) is 0 Å². The third-order valence-electron chi connectivity index (χ3n) is 2.32. The number of nitrogens with two attached hydrogens (primary N) is 1. The minimum atomic E-state index is -0.699. The number of amides is 2. The average Bonchev–Trinajstić information content (AvgIpc) is 2.70. The number of nitrogens with zero attached hydrogens (tertiary/aromatic N) is 1. The summed E-state index contributed by atoms with van der Waals surface area (Å²) in [6, 6.07) is 0. The number of primary amides is 1. The molecule has 0 spiro atoms. The van der Waals surface area contributed by atoms with Crippen LogP contribution in [0, 0.1) is 17.8 Å². The lowest BCUT2D eigenvalue weighted by molar-refractivity contribution is -0.111. The first-order valence-electron chi connectivity index (χ1n) is 6.03. The van der Waals surface area contributed by atoms with Gasteiger partial charge in [0.15, 0.2) is 5.69 Å². The van der Waals surface area contributed by atoms with Gasteiger partial charge in [-0.15, -0.1) is 0 Å². The Labute approximate surface area is 112 Å². The lowest BCUT2D eigenvalue weighted by Gasteiger charge is -2.06. The van der Waals surface area contributed by atoms with Gasteiger partial charge in [-0.05, 0) is 11.8 Å². The molecule has 6 nitrogen and oxygen atoms in total. The van der Waals surface area contributed by atoms with Crippen LogP contribution in [0.1, 0.15) is 49.8 Å². The van der Waals surface area contributed by atoms with E-state index >= 15 is 0 Å². The van der Waals surface area contributed by atoms with E-state index in [0.717, 1.165) is 0 Å². The quantitative estimate of drug-likeness (QED) is 0.714. The summed E-state index contributed by atoms with van der Waals surface area (Å²) >= 11 is 0. The van der Waals surface area contributed by atoms with Crippen LogP contribution in [0.5, 0.6) is 0 Å². The summed E-state index contributed by atoms with van der Waals surface area (Å²) in [6.45, 7) is 7.58. The number of aromatic nitrogens is 2. The van der Waals surface area contributed by atoms with Crippen LogP contribution in [0.15, 0.2) is 0 Å². The van der Waals surface area contributed by atoms with Gasteiger partial charge in [-0.25, -0.2) is 0 Å². The molecule has 0 aliphatic rings.